The molecule has 0 heterocycles. The molecule has 0 radical (unpaired) electrons. The first-order valence-corrected chi connectivity index (χ1v) is 8.82. The van der Waals surface area contributed by atoms with Gasteiger partial charge >= 0.3 is 11.9 Å². The van der Waals surface area contributed by atoms with Crippen molar-refractivity contribution in [3.8, 4) is 0 Å². The maximum Gasteiger partial charge on any atom is 0.334 e. The summed E-state index contributed by atoms with van der Waals surface area (Å²) >= 11 is 0. The van der Waals surface area contributed by atoms with Crippen molar-refractivity contribution >= 4 is 11.9 Å². The van der Waals surface area contributed by atoms with Crippen LogP contribution in [0.2, 0.25) is 0 Å². The highest BCUT2D eigenvalue weighted by Crippen LogP contribution is 2.64. The highest BCUT2D eigenvalue weighted by Gasteiger charge is 2.72. The average molecular weight is 366 g/mol. The van der Waals surface area contributed by atoms with Crippen LogP contribution in [0, 0.1) is 5.92 Å². The molecule has 0 spiro atoms. The number of ether oxygens (including phenoxy) is 2. The number of hydrogen-bond acceptors (Lipinski definition) is 7. The molecule has 26 heavy (non-hydrogen) atoms. The Morgan fingerprint density at radius 1 is 1.12 bits per heavy atom. The van der Waals surface area contributed by atoms with Crippen molar-refractivity contribution in [1.82, 2.24) is 0 Å². The van der Waals surface area contributed by atoms with Gasteiger partial charge in [0.25, 0.3) is 0 Å². The molecule has 0 amide bonds. The molecule has 3 unspecified atom stereocenters. The minimum atomic E-state index is -1.28. The summed E-state index contributed by atoms with van der Waals surface area (Å²) in [5.41, 5.74) is -4.82. The van der Waals surface area contributed by atoms with E-state index < -0.39 is 40.3 Å². The van der Waals surface area contributed by atoms with Gasteiger partial charge in [-0.1, -0.05) is 20.1 Å². The third-order valence-corrected chi connectivity index (χ3v) is 6.18. The second-order valence-corrected chi connectivity index (χ2v) is 8.34. The minimum absolute atomic E-state index is 0.0286. The smallest absolute Gasteiger partial charge is 0.334 e. The van der Waals surface area contributed by atoms with Gasteiger partial charge in [0.15, 0.2) is 0 Å². The lowest BCUT2D eigenvalue weighted by Gasteiger charge is -2.67. The Balaban J connectivity index is 1.72. The molecule has 0 aromatic heterocycles. The first-order chi connectivity index (χ1) is 11.9. The Morgan fingerprint density at radius 2 is 1.69 bits per heavy atom. The van der Waals surface area contributed by atoms with Crippen LogP contribution < -0.4 is 0 Å². The Kier molecular flexibility index (Phi) is 4.33. The molecule has 4 aliphatic carbocycles. The monoisotopic (exact) mass is 366 g/mol. The molecule has 0 aliphatic heterocycles. The van der Waals surface area contributed by atoms with Gasteiger partial charge in [0.2, 0.25) is 0 Å². The molecule has 0 saturated heterocycles. The number of hydrogen-bond donors (Lipinski definition) is 3. The summed E-state index contributed by atoms with van der Waals surface area (Å²) in [6.07, 6.45) is 1.99. The predicted octanol–water partition coefficient (Wildman–Crippen LogP) is 0.765. The largest absolute Gasteiger partial charge is 0.462 e. The van der Waals surface area contributed by atoms with Gasteiger partial charge in [0.05, 0.1) is 23.4 Å². The van der Waals surface area contributed by atoms with Crippen molar-refractivity contribution in [3.63, 3.8) is 0 Å². The molecular formula is C19H26O7. The third-order valence-electron chi connectivity index (χ3n) is 6.18. The first kappa shape index (κ1) is 19.1. The SMILES string of the molecule is C=CC(=O)OCCC(=C)C(=O)OC12CC3(O)CC(O)(CC(O)(C3)C1C)C2. The predicted molar refractivity (Wildman–Crippen MR) is 90.8 cm³/mol. The fourth-order valence-corrected chi connectivity index (χ4v) is 5.32. The summed E-state index contributed by atoms with van der Waals surface area (Å²) in [4.78, 5) is 23.5. The van der Waals surface area contributed by atoms with Crippen molar-refractivity contribution in [2.45, 2.75) is 67.9 Å². The summed E-state index contributed by atoms with van der Waals surface area (Å²) in [5, 5.41) is 32.5. The van der Waals surface area contributed by atoms with Crippen LogP contribution in [0.1, 0.15) is 45.4 Å². The zero-order chi connectivity index (χ0) is 19.4. The van der Waals surface area contributed by atoms with E-state index in [4.69, 9.17) is 9.47 Å². The lowest BCUT2D eigenvalue weighted by molar-refractivity contribution is -0.325. The van der Waals surface area contributed by atoms with E-state index in [0.29, 0.717) is 0 Å². The van der Waals surface area contributed by atoms with E-state index in [-0.39, 0.29) is 50.7 Å². The van der Waals surface area contributed by atoms with Crippen molar-refractivity contribution in [2.24, 2.45) is 5.92 Å². The van der Waals surface area contributed by atoms with Crippen molar-refractivity contribution in [2.75, 3.05) is 6.61 Å². The Labute approximate surface area is 152 Å². The van der Waals surface area contributed by atoms with Crippen LogP contribution in [0.5, 0.6) is 0 Å². The normalized spacial score (nSPS) is 43.0. The molecule has 4 saturated carbocycles. The van der Waals surface area contributed by atoms with Crippen LogP contribution in [-0.4, -0.2) is 56.3 Å². The topological polar surface area (TPSA) is 113 Å². The molecule has 144 valence electrons. The molecule has 0 aromatic rings. The number of carbonyl (C=O) groups excluding carboxylic acids is 2. The molecule has 3 atom stereocenters. The standard InChI is InChI=1S/C19H26O7/c1-4-14(20)25-6-5-12(2)15(21)26-19-10-16(22)7-17(23,11-19)9-18(24,8-16)13(19)3/h4,13,22-24H,1-2,5-11H2,3H3. The van der Waals surface area contributed by atoms with Gasteiger partial charge in [-0.05, 0) is 0 Å². The molecule has 3 N–H and O–H groups in total. The fourth-order valence-electron chi connectivity index (χ4n) is 5.32. The van der Waals surface area contributed by atoms with Crippen LogP contribution >= 0.6 is 0 Å². The molecule has 4 rings (SSSR count). The molecular weight excluding hydrogens is 340 g/mol. The van der Waals surface area contributed by atoms with Crippen LogP contribution in [0.25, 0.3) is 0 Å². The van der Waals surface area contributed by atoms with E-state index in [1.54, 1.807) is 6.92 Å². The Bertz CT molecular complexity index is 649. The number of aliphatic hydroxyl groups is 3. The van der Waals surface area contributed by atoms with Gasteiger partial charge in [-0.2, -0.15) is 0 Å². The van der Waals surface area contributed by atoms with E-state index >= 15 is 0 Å². The summed E-state index contributed by atoms with van der Waals surface area (Å²) < 4.78 is 10.6. The zero-order valence-electron chi connectivity index (χ0n) is 15.0. The minimum Gasteiger partial charge on any atom is -0.462 e. The third kappa shape index (κ3) is 3.08. The first-order valence-electron chi connectivity index (χ1n) is 8.82. The second-order valence-electron chi connectivity index (χ2n) is 8.34. The van der Waals surface area contributed by atoms with Gasteiger partial charge in [-0.25, -0.2) is 9.59 Å². The van der Waals surface area contributed by atoms with Crippen LogP contribution in [0.15, 0.2) is 24.8 Å². The maximum absolute atomic E-state index is 12.5. The van der Waals surface area contributed by atoms with E-state index in [2.05, 4.69) is 13.2 Å². The molecule has 4 fully saturated rings. The van der Waals surface area contributed by atoms with Gasteiger partial charge < -0.3 is 24.8 Å². The summed E-state index contributed by atoms with van der Waals surface area (Å²) in [6, 6.07) is 0. The average Bonchev–Trinajstić information content (AvgIpc) is 2.49. The van der Waals surface area contributed by atoms with Gasteiger partial charge in [-0.15, -0.1) is 0 Å². The van der Waals surface area contributed by atoms with E-state index in [1.165, 1.54) is 0 Å². The molecule has 4 bridgehead atoms. The highest BCUT2D eigenvalue weighted by molar-refractivity contribution is 5.88. The molecule has 7 heteroatoms. The van der Waals surface area contributed by atoms with Crippen molar-refractivity contribution in [3.05, 3.63) is 24.8 Å². The second kappa shape index (κ2) is 5.90. The quantitative estimate of drug-likeness (QED) is 0.470. The highest BCUT2D eigenvalue weighted by atomic mass is 16.6. The molecule has 7 nitrogen and oxygen atoms in total. The Hall–Kier alpha value is -1.70. The lowest BCUT2D eigenvalue weighted by Crippen LogP contribution is -2.76. The van der Waals surface area contributed by atoms with E-state index in [9.17, 15) is 24.9 Å². The summed E-state index contributed by atoms with van der Waals surface area (Å²) in [5.74, 6) is -1.69. The lowest BCUT2D eigenvalue weighted by atomic mass is 9.45. The van der Waals surface area contributed by atoms with Crippen LogP contribution in [0.3, 0.4) is 0 Å². The van der Waals surface area contributed by atoms with Gasteiger partial charge in [-0.3, -0.25) is 0 Å². The summed E-state index contributed by atoms with van der Waals surface area (Å²) in [6.45, 7) is 8.71. The zero-order valence-corrected chi connectivity index (χ0v) is 15.0. The van der Waals surface area contributed by atoms with Gasteiger partial charge in [0.1, 0.15) is 5.60 Å². The van der Waals surface area contributed by atoms with Crippen LogP contribution in [0.4, 0.5) is 0 Å². The van der Waals surface area contributed by atoms with Crippen LogP contribution in [-0.2, 0) is 19.1 Å². The summed E-state index contributed by atoms with van der Waals surface area (Å²) in [7, 11) is 0. The number of carbonyl (C=O) groups is 2. The van der Waals surface area contributed by atoms with Crippen molar-refractivity contribution < 1.29 is 34.4 Å². The Morgan fingerprint density at radius 3 is 2.23 bits per heavy atom. The molecule has 0 aromatic carbocycles. The molecule has 4 aliphatic rings. The van der Waals surface area contributed by atoms with E-state index in [0.717, 1.165) is 6.08 Å². The van der Waals surface area contributed by atoms with Crippen molar-refractivity contribution in [1.29, 1.82) is 0 Å². The van der Waals surface area contributed by atoms with E-state index in [1.807, 2.05) is 0 Å². The van der Waals surface area contributed by atoms with Gasteiger partial charge in [0, 0.05) is 56.1 Å². The number of esters is 2. The maximum atomic E-state index is 12.5. The fraction of sp³-hybridized carbons (Fsp3) is 0.684. The number of rotatable bonds is 6.